The summed E-state index contributed by atoms with van der Waals surface area (Å²) in [5, 5.41) is 12.6. The Kier molecular flexibility index (Phi) is 5.89. The highest BCUT2D eigenvalue weighted by Gasteiger charge is 2.27. The number of carbonyl (C=O) groups is 2. The highest BCUT2D eigenvalue weighted by atomic mass is 16.5. The largest absolute Gasteiger partial charge is 0.497 e. The highest BCUT2D eigenvalue weighted by molar-refractivity contribution is 6.05. The second-order valence-electron chi connectivity index (χ2n) is 7.56. The Labute approximate surface area is 181 Å². The van der Waals surface area contributed by atoms with Gasteiger partial charge in [0, 0.05) is 30.3 Å². The number of amides is 1. The first-order chi connectivity index (χ1) is 15.0. The van der Waals surface area contributed by atoms with Gasteiger partial charge in [-0.25, -0.2) is 4.79 Å². The van der Waals surface area contributed by atoms with Gasteiger partial charge in [-0.05, 0) is 54.4 Å². The predicted octanol–water partition coefficient (Wildman–Crippen LogP) is 4.64. The number of methoxy groups -OCH3 is 1. The van der Waals surface area contributed by atoms with Gasteiger partial charge in [-0.1, -0.05) is 30.3 Å². The summed E-state index contributed by atoms with van der Waals surface area (Å²) in [5.41, 5.74) is 3.03. The molecule has 6 nitrogen and oxygen atoms in total. The Hall–Kier alpha value is -3.80. The number of hydrogen-bond donors (Lipinski definition) is 2. The van der Waals surface area contributed by atoms with Gasteiger partial charge in [-0.2, -0.15) is 0 Å². The smallest absolute Gasteiger partial charge is 0.337 e. The van der Waals surface area contributed by atoms with Gasteiger partial charge in [0.25, 0.3) is 5.91 Å². The molecule has 0 spiro atoms. The minimum absolute atomic E-state index is 0.182. The maximum Gasteiger partial charge on any atom is 0.337 e. The van der Waals surface area contributed by atoms with E-state index < -0.39 is 5.97 Å². The average Bonchev–Trinajstić information content (AvgIpc) is 3.30. The molecule has 1 aliphatic rings. The molecule has 0 bridgehead atoms. The monoisotopic (exact) mass is 416 g/mol. The van der Waals surface area contributed by atoms with Gasteiger partial charge < -0.3 is 20.1 Å². The summed E-state index contributed by atoms with van der Waals surface area (Å²) in [5.74, 6) is -0.290. The molecule has 1 unspecified atom stereocenters. The van der Waals surface area contributed by atoms with Crippen LogP contribution in [-0.2, 0) is 0 Å². The standard InChI is InChI=1S/C25H24N2O4/c1-31-21-10-7-18(8-11-21)24(28)26-20-9-12-23(22(15-20)25(29)30)27-14-13-19(16-27)17-5-3-2-4-6-17/h2-12,15,19H,13-14,16H2,1H3,(H,26,28)(H,29,30). The molecule has 1 saturated heterocycles. The maximum atomic E-state index is 12.5. The molecule has 0 radical (unpaired) electrons. The zero-order chi connectivity index (χ0) is 21.8. The lowest BCUT2D eigenvalue weighted by molar-refractivity contribution is 0.0697. The van der Waals surface area contributed by atoms with Gasteiger partial charge in [-0.15, -0.1) is 0 Å². The highest BCUT2D eigenvalue weighted by Crippen LogP contribution is 2.33. The molecule has 1 amide bonds. The Balaban J connectivity index is 1.51. The molecular weight excluding hydrogens is 392 g/mol. The van der Waals surface area contributed by atoms with Crippen molar-refractivity contribution in [3.8, 4) is 5.75 Å². The zero-order valence-electron chi connectivity index (χ0n) is 17.2. The summed E-state index contributed by atoms with van der Waals surface area (Å²) in [4.78, 5) is 26.6. The lowest BCUT2D eigenvalue weighted by Gasteiger charge is -2.21. The van der Waals surface area contributed by atoms with Crippen LogP contribution in [0.3, 0.4) is 0 Å². The second-order valence-corrected chi connectivity index (χ2v) is 7.56. The number of benzene rings is 3. The van der Waals surface area contributed by atoms with Crippen LogP contribution in [0, 0.1) is 0 Å². The molecule has 1 heterocycles. The minimum Gasteiger partial charge on any atom is -0.497 e. The number of rotatable bonds is 6. The molecule has 4 rings (SSSR count). The summed E-state index contributed by atoms with van der Waals surface area (Å²) in [6.45, 7) is 1.55. The molecule has 0 aromatic heterocycles. The van der Waals surface area contributed by atoms with E-state index in [1.165, 1.54) is 11.6 Å². The quantitative estimate of drug-likeness (QED) is 0.612. The molecule has 6 heteroatoms. The van der Waals surface area contributed by atoms with Gasteiger partial charge in [0.15, 0.2) is 0 Å². The third kappa shape index (κ3) is 4.53. The van der Waals surface area contributed by atoms with Crippen molar-refractivity contribution in [2.45, 2.75) is 12.3 Å². The number of carbonyl (C=O) groups excluding carboxylic acids is 1. The third-order valence-corrected chi connectivity index (χ3v) is 5.64. The van der Waals surface area contributed by atoms with Crippen LogP contribution in [0.5, 0.6) is 5.75 Å². The molecule has 2 N–H and O–H groups in total. The van der Waals surface area contributed by atoms with Crippen LogP contribution in [0.1, 0.15) is 38.6 Å². The van der Waals surface area contributed by atoms with Crippen molar-refractivity contribution in [2.75, 3.05) is 30.4 Å². The molecule has 1 fully saturated rings. The number of ether oxygens (including phenoxy) is 1. The topological polar surface area (TPSA) is 78.9 Å². The summed E-state index contributed by atoms with van der Waals surface area (Å²) >= 11 is 0. The first kappa shape index (κ1) is 20.5. The zero-order valence-corrected chi connectivity index (χ0v) is 17.2. The van der Waals surface area contributed by atoms with Crippen molar-refractivity contribution in [3.05, 3.63) is 89.5 Å². The molecular formula is C25H24N2O4. The van der Waals surface area contributed by atoms with Crippen molar-refractivity contribution in [1.29, 1.82) is 0 Å². The van der Waals surface area contributed by atoms with E-state index in [-0.39, 0.29) is 11.5 Å². The first-order valence-corrected chi connectivity index (χ1v) is 10.2. The van der Waals surface area contributed by atoms with Gasteiger partial charge >= 0.3 is 5.97 Å². The predicted molar refractivity (Wildman–Crippen MR) is 120 cm³/mol. The summed E-state index contributed by atoms with van der Waals surface area (Å²) in [6.07, 6.45) is 0.971. The summed E-state index contributed by atoms with van der Waals surface area (Å²) in [6, 6.07) is 22.1. The average molecular weight is 416 g/mol. The number of hydrogen-bond acceptors (Lipinski definition) is 4. The number of anilines is 2. The molecule has 3 aromatic carbocycles. The fourth-order valence-electron chi connectivity index (χ4n) is 3.98. The van der Waals surface area contributed by atoms with Crippen molar-refractivity contribution in [3.63, 3.8) is 0 Å². The molecule has 158 valence electrons. The number of nitrogens with one attached hydrogen (secondary N) is 1. The van der Waals surface area contributed by atoms with Crippen LogP contribution in [0.15, 0.2) is 72.8 Å². The molecule has 0 saturated carbocycles. The van der Waals surface area contributed by atoms with E-state index in [0.29, 0.717) is 28.6 Å². The van der Waals surface area contributed by atoms with Crippen molar-refractivity contribution in [1.82, 2.24) is 0 Å². The van der Waals surface area contributed by atoms with Crippen LogP contribution < -0.4 is 15.0 Å². The lowest BCUT2D eigenvalue weighted by atomic mass is 9.99. The fourth-order valence-corrected chi connectivity index (χ4v) is 3.98. The van der Waals surface area contributed by atoms with E-state index >= 15 is 0 Å². The van der Waals surface area contributed by atoms with Crippen molar-refractivity contribution < 1.29 is 19.4 Å². The third-order valence-electron chi connectivity index (χ3n) is 5.64. The van der Waals surface area contributed by atoms with Crippen LogP contribution in [0.25, 0.3) is 0 Å². The summed E-state index contributed by atoms with van der Waals surface area (Å²) in [7, 11) is 1.56. The van der Waals surface area contributed by atoms with Gasteiger partial charge in [0.1, 0.15) is 5.75 Å². The molecule has 1 atom stereocenters. The van der Waals surface area contributed by atoms with Gasteiger partial charge in [-0.3, -0.25) is 4.79 Å². The summed E-state index contributed by atoms with van der Waals surface area (Å²) < 4.78 is 5.11. The molecule has 31 heavy (non-hydrogen) atoms. The van der Waals surface area contributed by atoms with E-state index in [1.807, 2.05) is 18.2 Å². The molecule has 3 aromatic rings. The van der Waals surface area contributed by atoms with Crippen LogP contribution >= 0.6 is 0 Å². The van der Waals surface area contributed by atoms with Crippen LogP contribution in [-0.4, -0.2) is 37.2 Å². The van der Waals surface area contributed by atoms with Crippen LogP contribution in [0.2, 0.25) is 0 Å². The first-order valence-electron chi connectivity index (χ1n) is 10.2. The SMILES string of the molecule is COc1ccc(C(=O)Nc2ccc(N3CCC(c4ccccc4)C3)c(C(=O)O)c2)cc1. The lowest BCUT2D eigenvalue weighted by Crippen LogP contribution is -2.22. The van der Waals surface area contributed by atoms with E-state index in [0.717, 1.165) is 19.5 Å². The number of carboxylic acids is 1. The number of carboxylic acid groups (broad SMARTS) is 1. The Morgan fingerprint density at radius 1 is 1.03 bits per heavy atom. The van der Waals surface area contributed by atoms with Gasteiger partial charge in [0.05, 0.1) is 18.4 Å². The molecule has 1 aliphatic heterocycles. The fraction of sp³-hybridized carbons (Fsp3) is 0.200. The minimum atomic E-state index is -1.02. The van der Waals surface area contributed by atoms with E-state index in [2.05, 4.69) is 22.3 Å². The second kappa shape index (κ2) is 8.92. The maximum absolute atomic E-state index is 12.5. The normalized spacial score (nSPS) is 15.5. The van der Waals surface area contributed by atoms with Crippen molar-refractivity contribution >= 4 is 23.3 Å². The Morgan fingerprint density at radius 3 is 2.45 bits per heavy atom. The Bertz CT molecular complexity index is 1080. The number of nitrogens with zero attached hydrogens (tertiary/aromatic N) is 1. The van der Waals surface area contributed by atoms with E-state index in [9.17, 15) is 14.7 Å². The molecule has 0 aliphatic carbocycles. The number of aromatic carboxylic acids is 1. The Morgan fingerprint density at radius 2 is 1.77 bits per heavy atom. The van der Waals surface area contributed by atoms with E-state index in [1.54, 1.807) is 43.5 Å². The van der Waals surface area contributed by atoms with Crippen LogP contribution in [0.4, 0.5) is 11.4 Å². The van der Waals surface area contributed by atoms with Crippen molar-refractivity contribution in [2.24, 2.45) is 0 Å². The van der Waals surface area contributed by atoms with E-state index in [4.69, 9.17) is 4.74 Å². The van der Waals surface area contributed by atoms with Gasteiger partial charge in [0.2, 0.25) is 0 Å².